The molecule has 1 aromatic rings. The molecule has 1 aliphatic rings. The Morgan fingerprint density at radius 2 is 2.38 bits per heavy atom. The second kappa shape index (κ2) is 4.80. The number of halogens is 1. The lowest BCUT2D eigenvalue weighted by Gasteiger charge is -2.41. The minimum Gasteiger partial charge on any atom is -0.496 e. The quantitative estimate of drug-likeness (QED) is 0.843. The first-order valence-corrected chi connectivity index (χ1v) is 5.54. The van der Waals surface area contributed by atoms with Gasteiger partial charge in [0.1, 0.15) is 11.6 Å². The Hall–Kier alpha value is -1.13. The molecule has 1 saturated heterocycles. The molecular weight excluding hydrogens is 207 g/mol. The lowest BCUT2D eigenvalue weighted by molar-refractivity contribution is 0.0926. The molecule has 0 aromatic heterocycles. The number of hydrogen-bond donors (Lipinski definition) is 1. The van der Waals surface area contributed by atoms with Crippen LogP contribution in [0, 0.1) is 5.82 Å². The first-order valence-electron chi connectivity index (χ1n) is 5.54. The number of benzene rings is 1. The Morgan fingerprint density at radius 3 is 2.94 bits per heavy atom. The summed E-state index contributed by atoms with van der Waals surface area (Å²) in [5, 5.41) is 0. The third-order valence-electron chi connectivity index (χ3n) is 3.10. The molecule has 4 heteroatoms. The van der Waals surface area contributed by atoms with Crippen LogP contribution in [-0.4, -0.2) is 31.6 Å². The van der Waals surface area contributed by atoms with E-state index in [-0.39, 0.29) is 11.9 Å². The maximum Gasteiger partial charge on any atom is 0.123 e. The van der Waals surface area contributed by atoms with Gasteiger partial charge in [-0.05, 0) is 24.6 Å². The highest BCUT2D eigenvalue weighted by atomic mass is 19.1. The lowest BCUT2D eigenvalue weighted by atomic mass is 9.94. The molecule has 1 atom stereocenters. The summed E-state index contributed by atoms with van der Waals surface area (Å²) in [5.41, 5.74) is 6.47. The predicted octanol–water partition coefficient (Wildman–Crippen LogP) is 1.54. The maximum absolute atomic E-state index is 13.2. The fourth-order valence-corrected chi connectivity index (χ4v) is 2.19. The van der Waals surface area contributed by atoms with Crippen molar-refractivity contribution < 1.29 is 9.13 Å². The Balaban J connectivity index is 2.22. The number of nitrogens with zero attached hydrogens (tertiary/aromatic N) is 1. The highest BCUT2D eigenvalue weighted by Gasteiger charge is 2.30. The first kappa shape index (κ1) is 11.4. The number of methoxy groups -OCH3 is 1. The summed E-state index contributed by atoms with van der Waals surface area (Å²) in [7, 11) is 1.61. The highest BCUT2D eigenvalue weighted by Crippen LogP contribution is 2.37. The molecule has 1 fully saturated rings. The van der Waals surface area contributed by atoms with Crippen molar-refractivity contribution >= 4 is 0 Å². The van der Waals surface area contributed by atoms with Crippen molar-refractivity contribution in [3.63, 3.8) is 0 Å². The van der Waals surface area contributed by atoms with E-state index in [9.17, 15) is 4.39 Å². The maximum atomic E-state index is 13.2. The summed E-state index contributed by atoms with van der Waals surface area (Å²) >= 11 is 0. The van der Waals surface area contributed by atoms with E-state index in [0.717, 1.165) is 30.8 Å². The van der Waals surface area contributed by atoms with E-state index in [0.29, 0.717) is 6.54 Å². The van der Waals surface area contributed by atoms with Crippen LogP contribution in [-0.2, 0) is 0 Å². The fraction of sp³-hybridized carbons (Fsp3) is 0.500. The fourth-order valence-electron chi connectivity index (χ4n) is 2.19. The van der Waals surface area contributed by atoms with E-state index < -0.39 is 0 Å². The van der Waals surface area contributed by atoms with Gasteiger partial charge < -0.3 is 10.5 Å². The van der Waals surface area contributed by atoms with Gasteiger partial charge in [-0.15, -0.1) is 0 Å². The van der Waals surface area contributed by atoms with Crippen molar-refractivity contribution in [1.29, 1.82) is 0 Å². The van der Waals surface area contributed by atoms with Gasteiger partial charge in [0.25, 0.3) is 0 Å². The summed E-state index contributed by atoms with van der Waals surface area (Å²) in [6.07, 6.45) is 1.04. The van der Waals surface area contributed by atoms with Crippen LogP contribution in [0.25, 0.3) is 0 Å². The van der Waals surface area contributed by atoms with Gasteiger partial charge in [0, 0.05) is 31.2 Å². The normalized spacial score (nSPS) is 20.6. The molecule has 2 rings (SSSR count). The van der Waals surface area contributed by atoms with E-state index in [1.165, 1.54) is 6.07 Å². The smallest absolute Gasteiger partial charge is 0.123 e. The molecule has 0 radical (unpaired) electrons. The van der Waals surface area contributed by atoms with E-state index in [2.05, 4.69) is 4.90 Å². The highest BCUT2D eigenvalue weighted by molar-refractivity contribution is 5.37. The summed E-state index contributed by atoms with van der Waals surface area (Å²) < 4.78 is 18.5. The third-order valence-corrected chi connectivity index (χ3v) is 3.10. The summed E-state index contributed by atoms with van der Waals surface area (Å²) in [6, 6.07) is 4.93. The van der Waals surface area contributed by atoms with Crippen LogP contribution in [0.2, 0.25) is 0 Å². The molecule has 88 valence electrons. The zero-order chi connectivity index (χ0) is 11.5. The van der Waals surface area contributed by atoms with Gasteiger partial charge in [-0.3, -0.25) is 4.90 Å². The average Bonchev–Trinajstić information content (AvgIpc) is 2.25. The van der Waals surface area contributed by atoms with E-state index in [4.69, 9.17) is 10.5 Å². The van der Waals surface area contributed by atoms with Crippen LogP contribution < -0.4 is 10.5 Å². The van der Waals surface area contributed by atoms with E-state index >= 15 is 0 Å². The van der Waals surface area contributed by atoms with Crippen LogP contribution in [0.5, 0.6) is 5.75 Å². The van der Waals surface area contributed by atoms with Gasteiger partial charge in [0.15, 0.2) is 0 Å². The summed E-state index contributed by atoms with van der Waals surface area (Å²) in [4.78, 5) is 2.25. The van der Waals surface area contributed by atoms with Crippen LogP contribution in [0.15, 0.2) is 18.2 Å². The average molecular weight is 224 g/mol. The van der Waals surface area contributed by atoms with Crippen LogP contribution >= 0.6 is 0 Å². The topological polar surface area (TPSA) is 38.5 Å². The summed E-state index contributed by atoms with van der Waals surface area (Å²) in [5.74, 6) is 0.545. The molecule has 0 spiro atoms. The van der Waals surface area contributed by atoms with Crippen LogP contribution in [0.4, 0.5) is 4.39 Å². The second-order valence-electron chi connectivity index (χ2n) is 4.02. The molecule has 1 aromatic carbocycles. The largest absolute Gasteiger partial charge is 0.496 e. The minimum atomic E-state index is -0.213. The van der Waals surface area contributed by atoms with E-state index in [1.807, 2.05) is 0 Å². The number of nitrogens with two attached hydrogens (primary N) is 1. The van der Waals surface area contributed by atoms with Crippen LogP contribution in [0.3, 0.4) is 0 Å². The Morgan fingerprint density at radius 1 is 1.56 bits per heavy atom. The van der Waals surface area contributed by atoms with Crippen molar-refractivity contribution in [3.05, 3.63) is 29.6 Å². The molecule has 0 aliphatic carbocycles. The van der Waals surface area contributed by atoms with Crippen molar-refractivity contribution in [2.75, 3.05) is 26.7 Å². The Labute approximate surface area is 95.0 Å². The first-order chi connectivity index (χ1) is 7.76. The molecule has 1 unspecified atom stereocenters. The Bertz CT molecular complexity index is 370. The second-order valence-corrected chi connectivity index (χ2v) is 4.02. The van der Waals surface area contributed by atoms with Gasteiger partial charge in [-0.2, -0.15) is 0 Å². The molecule has 0 amide bonds. The van der Waals surface area contributed by atoms with Gasteiger partial charge in [-0.25, -0.2) is 4.39 Å². The summed E-state index contributed by atoms with van der Waals surface area (Å²) in [6.45, 7) is 2.51. The molecule has 1 heterocycles. The zero-order valence-corrected chi connectivity index (χ0v) is 9.45. The van der Waals surface area contributed by atoms with Crippen LogP contribution in [0.1, 0.15) is 18.0 Å². The molecular formula is C12H17FN2O. The molecule has 16 heavy (non-hydrogen) atoms. The van der Waals surface area contributed by atoms with Crippen molar-refractivity contribution in [2.45, 2.75) is 12.5 Å². The van der Waals surface area contributed by atoms with E-state index in [1.54, 1.807) is 19.2 Å². The predicted molar refractivity (Wildman–Crippen MR) is 60.9 cm³/mol. The monoisotopic (exact) mass is 224 g/mol. The number of ether oxygens (including phenoxy) is 1. The molecule has 2 N–H and O–H groups in total. The van der Waals surface area contributed by atoms with Gasteiger partial charge in [0.05, 0.1) is 7.11 Å². The molecule has 3 nitrogen and oxygen atoms in total. The standard InChI is InChI=1S/C12H17FN2O/c1-16-12-3-2-9(13)8-10(12)11-4-6-15(11)7-5-14/h2-3,8,11H,4-7,14H2,1H3. The van der Waals surface area contributed by atoms with Gasteiger partial charge >= 0.3 is 0 Å². The van der Waals surface area contributed by atoms with Crippen molar-refractivity contribution in [2.24, 2.45) is 5.73 Å². The molecule has 1 aliphatic heterocycles. The van der Waals surface area contributed by atoms with Gasteiger partial charge in [0.2, 0.25) is 0 Å². The zero-order valence-electron chi connectivity index (χ0n) is 9.45. The lowest BCUT2D eigenvalue weighted by Crippen LogP contribution is -2.43. The van der Waals surface area contributed by atoms with Crippen molar-refractivity contribution in [1.82, 2.24) is 4.90 Å². The number of rotatable bonds is 4. The number of hydrogen-bond acceptors (Lipinski definition) is 3. The minimum absolute atomic E-state index is 0.213. The Kier molecular flexibility index (Phi) is 3.41. The molecule has 0 saturated carbocycles. The molecule has 0 bridgehead atoms. The van der Waals surface area contributed by atoms with Crippen molar-refractivity contribution in [3.8, 4) is 5.75 Å². The SMILES string of the molecule is COc1ccc(F)cc1C1CCN1CCN. The third kappa shape index (κ3) is 2.03. The number of likely N-dealkylation sites (tertiary alicyclic amines) is 1. The van der Waals surface area contributed by atoms with Gasteiger partial charge in [-0.1, -0.05) is 0 Å².